The Hall–Kier alpha value is -3.06. The van der Waals surface area contributed by atoms with Gasteiger partial charge in [-0.3, -0.25) is 0 Å². The molecule has 0 atom stereocenters. The maximum Gasteiger partial charge on any atom is 0.359 e. The summed E-state index contributed by atoms with van der Waals surface area (Å²) in [6, 6.07) is 13.6. The number of halogens is 1. The zero-order valence-corrected chi connectivity index (χ0v) is 15.8. The minimum Gasteiger partial charge on any atom is -0.476 e. The number of aromatic nitrogens is 3. The molecular formula is C20H19ClN4O3. The van der Waals surface area contributed by atoms with Gasteiger partial charge in [0.1, 0.15) is 5.75 Å². The zero-order valence-electron chi connectivity index (χ0n) is 15.1. The highest BCUT2D eigenvalue weighted by Crippen LogP contribution is 2.34. The predicted octanol–water partition coefficient (Wildman–Crippen LogP) is 4.61. The lowest BCUT2D eigenvalue weighted by Crippen LogP contribution is -2.29. The van der Waals surface area contributed by atoms with Crippen molar-refractivity contribution >= 4 is 23.3 Å². The molecule has 1 fully saturated rings. The molecule has 0 unspecified atom stereocenters. The van der Waals surface area contributed by atoms with Crippen molar-refractivity contribution in [1.29, 1.82) is 0 Å². The summed E-state index contributed by atoms with van der Waals surface area (Å²) in [6.07, 6.45) is 3.79. The molecule has 1 aliphatic rings. The van der Waals surface area contributed by atoms with Crippen LogP contribution in [0.3, 0.4) is 0 Å². The first-order valence-electron chi connectivity index (χ1n) is 9.09. The standard InChI is InChI=1S/C20H19ClN4O3/c21-17-12-15(28-19-18(20(26)27)22-24-23-19)8-9-16(17)13-4-6-14(7-5-13)25-10-2-1-3-11-25/h4-9,12H,1-3,10-11H2,(H,26,27)(H,22,23,24). The van der Waals surface area contributed by atoms with Crippen LogP contribution >= 0.6 is 11.6 Å². The third-order valence-electron chi connectivity index (χ3n) is 4.78. The van der Waals surface area contributed by atoms with Crippen LogP contribution in [0.4, 0.5) is 5.69 Å². The number of ether oxygens (including phenoxy) is 1. The highest BCUT2D eigenvalue weighted by Gasteiger charge is 2.17. The first-order valence-corrected chi connectivity index (χ1v) is 9.47. The Balaban J connectivity index is 1.52. The number of H-pyrrole nitrogens is 1. The van der Waals surface area contributed by atoms with E-state index in [0.717, 1.165) is 24.2 Å². The number of hydrogen-bond donors (Lipinski definition) is 2. The fourth-order valence-electron chi connectivity index (χ4n) is 3.34. The first kappa shape index (κ1) is 18.3. The third-order valence-corrected chi connectivity index (χ3v) is 5.10. The summed E-state index contributed by atoms with van der Waals surface area (Å²) < 4.78 is 5.50. The molecule has 0 bridgehead atoms. The van der Waals surface area contributed by atoms with E-state index in [2.05, 4.69) is 44.6 Å². The van der Waals surface area contributed by atoms with E-state index in [1.54, 1.807) is 12.1 Å². The van der Waals surface area contributed by atoms with Crippen LogP contribution in [-0.4, -0.2) is 39.6 Å². The van der Waals surface area contributed by atoms with Crippen LogP contribution in [0, 0.1) is 0 Å². The number of carbonyl (C=O) groups is 1. The maximum atomic E-state index is 11.1. The summed E-state index contributed by atoms with van der Waals surface area (Å²) in [5.74, 6) is -0.922. The highest BCUT2D eigenvalue weighted by atomic mass is 35.5. The SMILES string of the molecule is O=C(O)c1[nH]nnc1Oc1ccc(-c2ccc(N3CCCCC3)cc2)c(Cl)c1. The van der Waals surface area contributed by atoms with Crippen molar-refractivity contribution in [2.75, 3.05) is 18.0 Å². The van der Waals surface area contributed by atoms with E-state index < -0.39 is 5.97 Å². The number of anilines is 1. The molecule has 0 aliphatic carbocycles. The number of carboxylic acid groups (broad SMARTS) is 1. The van der Waals surface area contributed by atoms with E-state index in [1.807, 2.05) is 6.07 Å². The molecule has 0 saturated carbocycles. The molecule has 3 aromatic rings. The number of aromatic carboxylic acids is 1. The van der Waals surface area contributed by atoms with Crippen molar-refractivity contribution < 1.29 is 14.6 Å². The van der Waals surface area contributed by atoms with Crippen LogP contribution in [0.15, 0.2) is 42.5 Å². The van der Waals surface area contributed by atoms with Crippen LogP contribution < -0.4 is 9.64 Å². The van der Waals surface area contributed by atoms with Gasteiger partial charge in [-0.05, 0) is 49.1 Å². The minimum absolute atomic E-state index is 0.109. The molecule has 2 N–H and O–H groups in total. The van der Waals surface area contributed by atoms with Gasteiger partial charge < -0.3 is 14.7 Å². The zero-order chi connectivity index (χ0) is 19.5. The van der Waals surface area contributed by atoms with Crippen LogP contribution in [-0.2, 0) is 0 Å². The fraction of sp³-hybridized carbons (Fsp3) is 0.250. The number of nitrogens with zero attached hydrogens (tertiary/aromatic N) is 3. The summed E-state index contributed by atoms with van der Waals surface area (Å²) in [5, 5.41) is 19.0. The van der Waals surface area contributed by atoms with Crippen molar-refractivity contribution in [3.05, 3.63) is 53.2 Å². The van der Waals surface area contributed by atoms with E-state index in [0.29, 0.717) is 10.8 Å². The summed E-state index contributed by atoms with van der Waals surface area (Å²) in [7, 11) is 0. The number of piperidine rings is 1. The second-order valence-electron chi connectivity index (χ2n) is 6.64. The van der Waals surface area contributed by atoms with Gasteiger partial charge in [-0.25, -0.2) is 9.89 Å². The molecule has 2 heterocycles. The molecule has 1 saturated heterocycles. The second-order valence-corrected chi connectivity index (χ2v) is 7.04. The van der Waals surface area contributed by atoms with Crippen molar-refractivity contribution in [3.8, 4) is 22.8 Å². The van der Waals surface area contributed by atoms with Gasteiger partial charge in [0.25, 0.3) is 5.88 Å². The van der Waals surface area contributed by atoms with Gasteiger partial charge in [0, 0.05) is 30.4 Å². The lowest BCUT2D eigenvalue weighted by molar-refractivity contribution is 0.0687. The second kappa shape index (κ2) is 7.90. The summed E-state index contributed by atoms with van der Waals surface area (Å²) in [4.78, 5) is 13.5. The van der Waals surface area contributed by atoms with Crippen LogP contribution in [0.5, 0.6) is 11.6 Å². The maximum absolute atomic E-state index is 11.1. The number of nitrogens with one attached hydrogen (secondary N) is 1. The molecule has 4 rings (SSSR count). The molecule has 144 valence electrons. The topological polar surface area (TPSA) is 91.3 Å². The third kappa shape index (κ3) is 3.80. The fourth-order valence-corrected chi connectivity index (χ4v) is 3.62. The van der Waals surface area contributed by atoms with Crippen molar-refractivity contribution in [3.63, 3.8) is 0 Å². The van der Waals surface area contributed by atoms with Crippen LogP contribution in [0.2, 0.25) is 5.02 Å². The molecular weight excluding hydrogens is 380 g/mol. The average molecular weight is 399 g/mol. The Kier molecular flexibility index (Phi) is 5.16. The van der Waals surface area contributed by atoms with E-state index in [-0.39, 0.29) is 11.6 Å². The number of benzene rings is 2. The summed E-state index contributed by atoms with van der Waals surface area (Å²) in [6.45, 7) is 2.21. The van der Waals surface area contributed by atoms with Crippen molar-refractivity contribution in [1.82, 2.24) is 15.4 Å². The Morgan fingerprint density at radius 3 is 2.54 bits per heavy atom. The Bertz CT molecular complexity index is 981. The van der Waals surface area contributed by atoms with E-state index in [4.69, 9.17) is 21.4 Å². The van der Waals surface area contributed by atoms with Gasteiger partial charge >= 0.3 is 5.97 Å². The van der Waals surface area contributed by atoms with Gasteiger partial charge in [-0.1, -0.05) is 34.0 Å². The quantitative estimate of drug-likeness (QED) is 0.652. The molecule has 28 heavy (non-hydrogen) atoms. The Labute approximate surface area is 166 Å². The van der Waals surface area contributed by atoms with Gasteiger partial charge in [0.15, 0.2) is 0 Å². The predicted molar refractivity (Wildman–Crippen MR) is 106 cm³/mol. The van der Waals surface area contributed by atoms with E-state index in [9.17, 15) is 4.79 Å². The van der Waals surface area contributed by atoms with Gasteiger partial charge in [-0.15, -0.1) is 0 Å². The lowest BCUT2D eigenvalue weighted by Gasteiger charge is -2.28. The number of carboxylic acids is 1. The first-order chi connectivity index (χ1) is 13.6. The van der Waals surface area contributed by atoms with Crippen molar-refractivity contribution in [2.24, 2.45) is 0 Å². The van der Waals surface area contributed by atoms with Gasteiger partial charge in [-0.2, -0.15) is 0 Å². The molecule has 2 aromatic carbocycles. The number of rotatable bonds is 5. The Morgan fingerprint density at radius 2 is 1.86 bits per heavy atom. The van der Waals surface area contributed by atoms with Crippen LogP contribution in [0.25, 0.3) is 11.1 Å². The van der Waals surface area contributed by atoms with Crippen molar-refractivity contribution in [2.45, 2.75) is 19.3 Å². The smallest absolute Gasteiger partial charge is 0.359 e. The minimum atomic E-state index is -1.20. The van der Waals surface area contributed by atoms with Gasteiger partial charge in [0.05, 0.1) is 5.02 Å². The normalized spacial score (nSPS) is 14.1. The van der Waals surface area contributed by atoms with E-state index >= 15 is 0 Å². The monoisotopic (exact) mass is 398 g/mol. The average Bonchev–Trinajstić information content (AvgIpc) is 3.17. The number of aromatic amines is 1. The molecule has 8 heteroatoms. The molecule has 1 aliphatic heterocycles. The van der Waals surface area contributed by atoms with E-state index in [1.165, 1.54) is 24.9 Å². The van der Waals surface area contributed by atoms with Gasteiger partial charge in [0.2, 0.25) is 5.69 Å². The number of hydrogen-bond acceptors (Lipinski definition) is 5. The lowest BCUT2D eigenvalue weighted by atomic mass is 10.0. The molecule has 0 radical (unpaired) electrons. The molecule has 0 amide bonds. The molecule has 1 aromatic heterocycles. The highest BCUT2D eigenvalue weighted by molar-refractivity contribution is 6.33. The summed E-state index contributed by atoms with van der Waals surface area (Å²) >= 11 is 6.44. The molecule has 0 spiro atoms. The summed E-state index contributed by atoms with van der Waals surface area (Å²) in [5.41, 5.74) is 2.89. The largest absolute Gasteiger partial charge is 0.476 e. The van der Waals surface area contributed by atoms with Crippen LogP contribution in [0.1, 0.15) is 29.8 Å². The Morgan fingerprint density at radius 1 is 1.11 bits per heavy atom. The molecule has 7 nitrogen and oxygen atoms in total.